The van der Waals surface area contributed by atoms with Gasteiger partial charge in [0.05, 0.1) is 11.7 Å². The van der Waals surface area contributed by atoms with Gasteiger partial charge in [0.15, 0.2) is 0 Å². The molecule has 3 heterocycles. The van der Waals surface area contributed by atoms with Crippen LogP contribution in [-0.4, -0.2) is 32.7 Å². The van der Waals surface area contributed by atoms with Gasteiger partial charge in [-0.1, -0.05) is 18.9 Å². The number of hydrogen-bond acceptors (Lipinski definition) is 3. The zero-order valence-corrected chi connectivity index (χ0v) is 13.7. The first-order valence-corrected chi connectivity index (χ1v) is 8.17. The zero-order valence-electron chi connectivity index (χ0n) is 13.7. The Morgan fingerprint density at radius 1 is 1.30 bits per heavy atom. The van der Waals surface area contributed by atoms with Gasteiger partial charge in [-0.25, -0.2) is 9.78 Å². The third-order valence-electron chi connectivity index (χ3n) is 4.43. The lowest BCUT2D eigenvalue weighted by Gasteiger charge is -2.30. The summed E-state index contributed by atoms with van der Waals surface area (Å²) in [7, 11) is 0. The van der Waals surface area contributed by atoms with Gasteiger partial charge < -0.3 is 4.90 Å². The number of urea groups is 1. The number of hydrogen-bond donors (Lipinski definition) is 2. The molecule has 1 fully saturated rings. The van der Waals surface area contributed by atoms with Gasteiger partial charge in [0, 0.05) is 24.0 Å². The summed E-state index contributed by atoms with van der Waals surface area (Å²) >= 11 is 0. The Labute approximate surface area is 136 Å². The summed E-state index contributed by atoms with van der Waals surface area (Å²) in [5.41, 5.74) is 3.18. The minimum atomic E-state index is -0.0874. The van der Waals surface area contributed by atoms with E-state index in [1.54, 1.807) is 12.3 Å². The van der Waals surface area contributed by atoms with Crippen molar-refractivity contribution in [3.05, 3.63) is 41.3 Å². The van der Waals surface area contributed by atoms with E-state index in [0.717, 1.165) is 49.2 Å². The summed E-state index contributed by atoms with van der Waals surface area (Å²) in [6.07, 6.45) is 5.96. The van der Waals surface area contributed by atoms with Gasteiger partial charge in [-0.2, -0.15) is 5.10 Å². The number of aromatic amines is 1. The van der Waals surface area contributed by atoms with E-state index in [1.165, 1.54) is 0 Å². The number of aryl methyl sites for hydroxylation is 2. The first-order valence-electron chi connectivity index (χ1n) is 8.17. The Hall–Kier alpha value is -2.37. The second-order valence-electron chi connectivity index (χ2n) is 6.05. The van der Waals surface area contributed by atoms with Crippen LogP contribution in [-0.2, 0) is 0 Å². The summed E-state index contributed by atoms with van der Waals surface area (Å²) < 4.78 is 0. The molecule has 0 bridgehead atoms. The molecule has 1 atom stereocenters. The Morgan fingerprint density at radius 3 is 2.87 bits per heavy atom. The number of H-pyrrole nitrogens is 1. The van der Waals surface area contributed by atoms with Gasteiger partial charge in [-0.3, -0.25) is 10.4 Å². The van der Waals surface area contributed by atoms with E-state index < -0.39 is 0 Å². The van der Waals surface area contributed by atoms with Crippen molar-refractivity contribution in [2.75, 3.05) is 11.9 Å². The average Bonchev–Trinajstić information content (AvgIpc) is 2.76. The molecule has 0 aliphatic carbocycles. The van der Waals surface area contributed by atoms with Crippen LogP contribution in [0.2, 0.25) is 0 Å². The van der Waals surface area contributed by atoms with Crippen LogP contribution in [0.3, 0.4) is 0 Å². The van der Waals surface area contributed by atoms with Crippen molar-refractivity contribution in [1.82, 2.24) is 20.1 Å². The van der Waals surface area contributed by atoms with Crippen molar-refractivity contribution in [3.63, 3.8) is 0 Å². The standard InChI is InChI=1S/C17H23N5O/c1-12-16(13(2)21-20-12)14-8-4-3-7-11-22(14)17(23)19-15-9-5-6-10-18-15/h5-6,9-10,14H,3-4,7-8,11H2,1-2H3,(H,20,21)(H,18,19,23)/t14-/m0/s1. The molecular weight excluding hydrogens is 290 g/mol. The molecule has 1 aliphatic rings. The lowest BCUT2D eigenvalue weighted by atomic mass is 9.99. The van der Waals surface area contributed by atoms with Gasteiger partial charge in [-0.05, 0) is 38.8 Å². The monoisotopic (exact) mass is 313 g/mol. The van der Waals surface area contributed by atoms with E-state index in [4.69, 9.17) is 0 Å². The molecule has 0 spiro atoms. The van der Waals surface area contributed by atoms with Gasteiger partial charge in [0.25, 0.3) is 0 Å². The van der Waals surface area contributed by atoms with Crippen LogP contribution in [0.25, 0.3) is 0 Å². The average molecular weight is 313 g/mol. The fraction of sp³-hybridized carbons (Fsp3) is 0.471. The van der Waals surface area contributed by atoms with Crippen LogP contribution >= 0.6 is 0 Å². The van der Waals surface area contributed by atoms with Crippen molar-refractivity contribution in [2.45, 2.75) is 45.6 Å². The Balaban J connectivity index is 1.85. The van der Waals surface area contributed by atoms with Crippen LogP contribution in [0, 0.1) is 13.8 Å². The smallest absolute Gasteiger partial charge is 0.317 e. The molecule has 6 heteroatoms. The van der Waals surface area contributed by atoms with Crippen molar-refractivity contribution in [1.29, 1.82) is 0 Å². The first-order chi connectivity index (χ1) is 11.2. The minimum Gasteiger partial charge on any atom is -0.317 e. The van der Waals surface area contributed by atoms with E-state index in [2.05, 4.69) is 20.5 Å². The first kappa shape index (κ1) is 15.5. The highest BCUT2D eigenvalue weighted by Crippen LogP contribution is 2.33. The highest BCUT2D eigenvalue weighted by Gasteiger charge is 2.30. The third-order valence-corrected chi connectivity index (χ3v) is 4.43. The largest absolute Gasteiger partial charge is 0.323 e. The van der Waals surface area contributed by atoms with Gasteiger partial charge >= 0.3 is 6.03 Å². The number of rotatable bonds is 2. The summed E-state index contributed by atoms with van der Waals surface area (Å²) in [6.45, 7) is 4.78. The number of pyridine rings is 1. The maximum atomic E-state index is 12.8. The van der Waals surface area contributed by atoms with Crippen LogP contribution in [0.5, 0.6) is 0 Å². The lowest BCUT2D eigenvalue weighted by Crippen LogP contribution is -2.38. The fourth-order valence-corrected chi connectivity index (χ4v) is 3.32. The molecule has 2 aromatic heterocycles. The molecule has 0 radical (unpaired) electrons. The number of anilines is 1. The summed E-state index contributed by atoms with van der Waals surface area (Å²) in [5.74, 6) is 0.584. The Morgan fingerprint density at radius 2 is 2.17 bits per heavy atom. The molecule has 0 unspecified atom stereocenters. The predicted octanol–water partition coefficient (Wildman–Crippen LogP) is 3.57. The van der Waals surface area contributed by atoms with Crippen molar-refractivity contribution in [2.24, 2.45) is 0 Å². The fourth-order valence-electron chi connectivity index (χ4n) is 3.32. The Bertz CT molecular complexity index is 647. The van der Waals surface area contributed by atoms with E-state index in [-0.39, 0.29) is 12.1 Å². The van der Waals surface area contributed by atoms with Gasteiger partial charge in [0.2, 0.25) is 0 Å². The minimum absolute atomic E-state index is 0.0694. The second-order valence-corrected chi connectivity index (χ2v) is 6.05. The number of nitrogens with zero attached hydrogens (tertiary/aromatic N) is 3. The normalized spacial score (nSPS) is 18.5. The summed E-state index contributed by atoms with van der Waals surface area (Å²) in [5, 5.41) is 10.3. The van der Waals surface area contributed by atoms with Crippen LogP contribution in [0.4, 0.5) is 10.6 Å². The van der Waals surface area contributed by atoms with Crippen LogP contribution in [0.15, 0.2) is 24.4 Å². The van der Waals surface area contributed by atoms with Gasteiger partial charge in [0.1, 0.15) is 5.82 Å². The van der Waals surface area contributed by atoms with Crippen molar-refractivity contribution < 1.29 is 4.79 Å². The molecule has 122 valence electrons. The SMILES string of the molecule is Cc1n[nH]c(C)c1[C@@H]1CCCCCN1C(=O)Nc1ccccn1. The predicted molar refractivity (Wildman–Crippen MR) is 89.2 cm³/mol. The third kappa shape index (κ3) is 3.36. The molecular formula is C17H23N5O. The molecule has 23 heavy (non-hydrogen) atoms. The maximum absolute atomic E-state index is 12.8. The number of aromatic nitrogens is 3. The van der Waals surface area contributed by atoms with Crippen LogP contribution in [0.1, 0.15) is 48.7 Å². The number of nitrogens with one attached hydrogen (secondary N) is 2. The molecule has 1 saturated heterocycles. The van der Waals surface area contributed by atoms with Crippen LogP contribution < -0.4 is 5.32 Å². The topological polar surface area (TPSA) is 73.9 Å². The van der Waals surface area contributed by atoms with E-state index in [9.17, 15) is 4.79 Å². The quantitative estimate of drug-likeness (QED) is 0.890. The number of carbonyl (C=O) groups is 1. The number of amides is 2. The molecule has 6 nitrogen and oxygen atoms in total. The van der Waals surface area contributed by atoms with Crippen molar-refractivity contribution >= 4 is 11.8 Å². The molecule has 2 aromatic rings. The zero-order chi connectivity index (χ0) is 16.2. The van der Waals surface area contributed by atoms with Gasteiger partial charge in [-0.15, -0.1) is 0 Å². The molecule has 2 amide bonds. The molecule has 3 rings (SSSR count). The molecule has 0 saturated carbocycles. The second kappa shape index (κ2) is 6.81. The van der Waals surface area contributed by atoms with E-state index in [1.807, 2.05) is 30.9 Å². The Kier molecular flexibility index (Phi) is 4.60. The van der Waals surface area contributed by atoms with E-state index >= 15 is 0 Å². The molecule has 1 aliphatic heterocycles. The molecule has 2 N–H and O–H groups in total. The number of carbonyl (C=O) groups excluding carboxylic acids is 1. The highest BCUT2D eigenvalue weighted by molar-refractivity contribution is 5.88. The lowest BCUT2D eigenvalue weighted by molar-refractivity contribution is 0.189. The maximum Gasteiger partial charge on any atom is 0.323 e. The summed E-state index contributed by atoms with van der Waals surface area (Å²) in [4.78, 5) is 18.9. The summed E-state index contributed by atoms with van der Waals surface area (Å²) in [6, 6.07) is 5.49. The number of likely N-dealkylation sites (tertiary alicyclic amines) is 1. The van der Waals surface area contributed by atoms with E-state index in [0.29, 0.717) is 5.82 Å². The van der Waals surface area contributed by atoms with Crippen molar-refractivity contribution in [3.8, 4) is 0 Å². The highest BCUT2D eigenvalue weighted by atomic mass is 16.2. The molecule has 0 aromatic carbocycles.